The van der Waals surface area contributed by atoms with Gasteiger partial charge in [0, 0.05) is 23.4 Å². The van der Waals surface area contributed by atoms with Crippen LogP contribution in [0.5, 0.6) is 0 Å². The van der Waals surface area contributed by atoms with Crippen molar-refractivity contribution >= 4 is 36.5 Å². The molecule has 8 heteroatoms. The summed E-state index contributed by atoms with van der Waals surface area (Å²) in [7, 11) is 1.21. The number of likely N-dealkylation sites (N-methyl/N-ethyl adjacent to an activating group) is 1. The monoisotopic (exact) mass is 318 g/mol. The fourth-order valence-corrected chi connectivity index (χ4v) is 3.05. The van der Waals surface area contributed by atoms with Crippen LogP contribution in [0.15, 0.2) is 29.3 Å². The van der Waals surface area contributed by atoms with Crippen LogP contribution in [0.4, 0.5) is 4.39 Å². The van der Waals surface area contributed by atoms with Gasteiger partial charge in [0.2, 0.25) is 5.91 Å². The number of hydrogen-bond acceptors (Lipinski definition) is 3. The van der Waals surface area contributed by atoms with Gasteiger partial charge in [-0.15, -0.1) is 0 Å². The van der Waals surface area contributed by atoms with Gasteiger partial charge in [-0.05, 0) is 19.1 Å². The van der Waals surface area contributed by atoms with Gasteiger partial charge in [-0.25, -0.2) is 12.8 Å². The first-order chi connectivity index (χ1) is 9.34. The summed E-state index contributed by atoms with van der Waals surface area (Å²) < 4.78 is 38.2. The highest BCUT2D eigenvalue weighted by molar-refractivity contribution is 8.14. The smallest absolute Gasteiger partial charge is 0.263 e. The molecular formula is C12H12ClFN2O3S. The van der Waals surface area contributed by atoms with Gasteiger partial charge in [-0.1, -0.05) is 6.07 Å². The van der Waals surface area contributed by atoms with Gasteiger partial charge in [0.15, 0.2) is 0 Å². The molecule has 0 aliphatic heterocycles. The van der Waals surface area contributed by atoms with Crippen molar-refractivity contribution in [2.45, 2.75) is 18.4 Å². The molecule has 0 atom stereocenters. The fourth-order valence-electron chi connectivity index (χ4n) is 2.00. The lowest BCUT2D eigenvalue weighted by molar-refractivity contribution is -0.121. The molecule has 20 heavy (non-hydrogen) atoms. The minimum Gasteiger partial charge on any atom is -0.355 e. The molecule has 108 valence electrons. The summed E-state index contributed by atoms with van der Waals surface area (Å²) >= 11 is 0. The molecule has 0 saturated carbocycles. The average Bonchev–Trinajstić information content (AvgIpc) is 2.70. The van der Waals surface area contributed by atoms with E-state index in [-0.39, 0.29) is 22.7 Å². The van der Waals surface area contributed by atoms with E-state index in [4.69, 9.17) is 10.7 Å². The van der Waals surface area contributed by atoms with Crippen molar-refractivity contribution < 1.29 is 17.6 Å². The van der Waals surface area contributed by atoms with Gasteiger partial charge >= 0.3 is 0 Å². The third-order valence-corrected chi connectivity index (χ3v) is 4.10. The van der Waals surface area contributed by atoms with Crippen molar-refractivity contribution in [1.29, 1.82) is 0 Å². The quantitative estimate of drug-likeness (QED) is 0.875. The Morgan fingerprint density at radius 2 is 2.15 bits per heavy atom. The van der Waals surface area contributed by atoms with Gasteiger partial charge in [-0.2, -0.15) is 0 Å². The zero-order valence-electron chi connectivity index (χ0n) is 10.6. The van der Waals surface area contributed by atoms with E-state index in [0.29, 0.717) is 12.1 Å². The summed E-state index contributed by atoms with van der Waals surface area (Å²) in [5.41, 5.74) is 0.301. The molecule has 0 aliphatic carbocycles. The lowest BCUT2D eigenvalue weighted by Crippen LogP contribution is -2.26. The highest BCUT2D eigenvalue weighted by Crippen LogP contribution is 2.30. The van der Waals surface area contributed by atoms with Crippen LogP contribution in [0.25, 0.3) is 10.9 Å². The van der Waals surface area contributed by atoms with Crippen molar-refractivity contribution in [1.82, 2.24) is 9.88 Å². The molecular weight excluding hydrogens is 307 g/mol. The van der Waals surface area contributed by atoms with Crippen LogP contribution in [0, 0.1) is 5.82 Å². The standard InChI is InChI=1S/C12H12ClFN2O3S/c1-2-15-11(17)7-16-6-10(20(13,18)19)12-8(14)4-3-5-9(12)16/h3-6H,2,7H2,1H3,(H,15,17). The Hall–Kier alpha value is -1.60. The number of carbonyl (C=O) groups is 1. The predicted molar refractivity (Wildman–Crippen MR) is 73.6 cm³/mol. The van der Waals surface area contributed by atoms with E-state index in [9.17, 15) is 17.6 Å². The number of hydrogen-bond donors (Lipinski definition) is 1. The minimum atomic E-state index is -4.10. The van der Waals surface area contributed by atoms with E-state index in [1.165, 1.54) is 22.9 Å². The molecule has 1 aromatic carbocycles. The minimum absolute atomic E-state index is 0.105. The van der Waals surface area contributed by atoms with Crippen molar-refractivity contribution in [2.24, 2.45) is 0 Å². The van der Waals surface area contributed by atoms with Gasteiger partial charge in [-0.3, -0.25) is 4.79 Å². The van der Waals surface area contributed by atoms with Gasteiger partial charge in [0.25, 0.3) is 9.05 Å². The summed E-state index contributed by atoms with van der Waals surface area (Å²) in [5.74, 6) is -0.997. The largest absolute Gasteiger partial charge is 0.355 e. The van der Waals surface area contributed by atoms with Crippen molar-refractivity contribution in [3.05, 3.63) is 30.2 Å². The zero-order chi connectivity index (χ0) is 14.9. The molecule has 0 radical (unpaired) electrons. The van der Waals surface area contributed by atoms with Crippen LogP contribution in [0.3, 0.4) is 0 Å². The zero-order valence-corrected chi connectivity index (χ0v) is 12.1. The van der Waals surface area contributed by atoms with Crippen molar-refractivity contribution in [3.63, 3.8) is 0 Å². The lowest BCUT2D eigenvalue weighted by Gasteiger charge is -2.05. The summed E-state index contributed by atoms with van der Waals surface area (Å²) in [6.45, 7) is 2.10. The number of benzene rings is 1. The highest BCUT2D eigenvalue weighted by atomic mass is 35.7. The number of halogens is 2. The Labute approximate surface area is 119 Å². The molecule has 0 fully saturated rings. The Morgan fingerprint density at radius 1 is 1.45 bits per heavy atom. The first-order valence-corrected chi connectivity index (χ1v) is 8.14. The number of nitrogens with zero attached hydrogens (tertiary/aromatic N) is 1. The first kappa shape index (κ1) is 14.8. The third kappa shape index (κ3) is 2.78. The molecule has 0 spiro atoms. The number of nitrogens with one attached hydrogen (secondary N) is 1. The Kier molecular flexibility index (Phi) is 4.01. The van der Waals surface area contributed by atoms with Crippen LogP contribution in [-0.2, 0) is 20.4 Å². The van der Waals surface area contributed by atoms with Crippen LogP contribution in [-0.4, -0.2) is 25.4 Å². The van der Waals surface area contributed by atoms with Gasteiger partial charge in [0.1, 0.15) is 17.3 Å². The molecule has 1 heterocycles. The Balaban J connectivity index is 2.63. The molecule has 1 N–H and O–H groups in total. The SMILES string of the molecule is CCNC(=O)Cn1cc(S(=O)(=O)Cl)c2c(F)cccc21. The second kappa shape index (κ2) is 5.41. The molecule has 5 nitrogen and oxygen atoms in total. The fraction of sp³-hybridized carbons (Fsp3) is 0.250. The van der Waals surface area contributed by atoms with E-state index >= 15 is 0 Å². The number of rotatable bonds is 4. The third-order valence-electron chi connectivity index (χ3n) is 2.77. The summed E-state index contributed by atoms with van der Waals surface area (Å²) in [4.78, 5) is 11.3. The van der Waals surface area contributed by atoms with Gasteiger partial charge < -0.3 is 9.88 Å². The Morgan fingerprint density at radius 3 is 2.75 bits per heavy atom. The van der Waals surface area contributed by atoms with E-state index in [2.05, 4.69) is 5.32 Å². The normalized spacial score (nSPS) is 11.8. The van der Waals surface area contributed by atoms with Crippen LogP contribution >= 0.6 is 10.7 Å². The highest BCUT2D eigenvalue weighted by Gasteiger charge is 2.22. The Bertz CT molecular complexity index is 770. The van der Waals surface area contributed by atoms with Crippen LogP contribution in [0.2, 0.25) is 0 Å². The van der Waals surface area contributed by atoms with Crippen molar-refractivity contribution in [3.8, 4) is 0 Å². The number of fused-ring (bicyclic) bond motifs is 1. The summed E-state index contributed by atoms with van der Waals surface area (Å²) in [5, 5.41) is 2.48. The van der Waals surface area contributed by atoms with Gasteiger partial charge in [0.05, 0.1) is 10.9 Å². The van der Waals surface area contributed by atoms with Crippen LogP contribution < -0.4 is 5.32 Å². The molecule has 0 bridgehead atoms. The maximum atomic E-state index is 13.8. The topological polar surface area (TPSA) is 68.2 Å². The average molecular weight is 319 g/mol. The maximum absolute atomic E-state index is 13.8. The molecule has 0 saturated heterocycles. The molecule has 1 amide bonds. The molecule has 2 aromatic rings. The number of aromatic nitrogens is 1. The predicted octanol–water partition coefficient (Wildman–Crippen LogP) is 1.84. The van der Waals surface area contributed by atoms with E-state index in [1.54, 1.807) is 6.92 Å². The number of amides is 1. The van der Waals surface area contributed by atoms with Crippen molar-refractivity contribution in [2.75, 3.05) is 6.54 Å². The lowest BCUT2D eigenvalue weighted by atomic mass is 10.2. The second-order valence-electron chi connectivity index (χ2n) is 4.15. The first-order valence-electron chi connectivity index (χ1n) is 5.83. The molecule has 0 unspecified atom stereocenters. The maximum Gasteiger partial charge on any atom is 0.263 e. The molecule has 1 aromatic heterocycles. The molecule has 0 aliphatic rings. The molecule has 2 rings (SSSR count). The van der Waals surface area contributed by atoms with E-state index < -0.39 is 14.9 Å². The summed E-state index contributed by atoms with van der Waals surface area (Å²) in [6, 6.07) is 4.12. The number of carbonyl (C=O) groups excluding carboxylic acids is 1. The second-order valence-corrected chi connectivity index (χ2v) is 6.68. The summed E-state index contributed by atoms with van der Waals surface area (Å²) in [6.07, 6.45) is 1.17. The van der Waals surface area contributed by atoms with Crippen LogP contribution in [0.1, 0.15) is 6.92 Å². The van der Waals surface area contributed by atoms with E-state index in [1.807, 2.05) is 0 Å². The van der Waals surface area contributed by atoms with E-state index in [0.717, 1.165) is 6.07 Å².